The minimum atomic E-state index is -0.810. The first-order chi connectivity index (χ1) is 6.74. The molecule has 0 fully saturated rings. The molecule has 0 aliphatic carbocycles. The number of carboxylic acid groups (broad SMARTS) is 1. The molecule has 1 atom stereocenters. The first-order valence-electron chi connectivity index (χ1n) is 4.49. The van der Waals surface area contributed by atoms with Crippen LogP contribution >= 0.6 is 0 Å². The maximum atomic E-state index is 10.8. The SMILES string of the molecule is COC[C@@H](Cc1ccccc1)C(=O)O. The highest BCUT2D eigenvalue weighted by Gasteiger charge is 2.17. The maximum absolute atomic E-state index is 10.8. The zero-order chi connectivity index (χ0) is 10.4. The molecule has 0 amide bonds. The van der Waals surface area contributed by atoms with Crippen LogP contribution < -0.4 is 0 Å². The molecule has 0 unspecified atom stereocenters. The quantitative estimate of drug-likeness (QED) is 0.774. The lowest BCUT2D eigenvalue weighted by atomic mass is 10.0. The Morgan fingerprint density at radius 1 is 1.43 bits per heavy atom. The Kier molecular flexibility index (Phi) is 4.13. The largest absolute Gasteiger partial charge is 0.481 e. The smallest absolute Gasteiger partial charge is 0.309 e. The Balaban J connectivity index is 2.60. The van der Waals surface area contributed by atoms with Gasteiger partial charge >= 0.3 is 5.97 Å². The second-order valence-electron chi connectivity index (χ2n) is 3.18. The lowest BCUT2D eigenvalue weighted by Crippen LogP contribution is -2.21. The van der Waals surface area contributed by atoms with Crippen molar-refractivity contribution in [1.29, 1.82) is 0 Å². The summed E-state index contributed by atoms with van der Waals surface area (Å²) in [5, 5.41) is 8.89. The Morgan fingerprint density at radius 2 is 2.07 bits per heavy atom. The zero-order valence-corrected chi connectivity index (χ0v) is 8.14. The van der Waals surface area contributed by atoms with Crippen LogP contribution in [0.2, 0.25) is 0 Å². The fourth-order valence-corrected chi connectivity index (χ4v) is 1.32. The number of hydrogen-bond acceptors (Lipinski definition) is 2. The van der Waals surface area contributed by atoms with Crippen molar-refractivity contribution < 1.29 is 14.6 Å². The highest BCUT2D eigenvalue weighted by molar-refractivity contribution is 5.70. The van der Waals surface area contributed by atoms with Gasteiger partial charge in [0.2, 0.25) is 0 Å². The summed E-state index contributed by atoms with van der Waals surface area (Å²) in [7, 11) is 1.51. The van der Waals surface area contributed by atoms with Crippen molar-refractivity contribution in [1.82, 2.24) is 0 Å². The third kappa shape index (κ3) is 3.18. The van der Waals surface area contributed by atoms with Gasteiger partial charge in [-0.05, 0) is 12.0 Å². The summed E-state index contributed by atoms with van der Waals surface area (Å²) in [5.41, 5.74) is 1.02. The Hall–Kier alpha value is -1.35. The number of benzene rings is 1. The predicted molar refractivity (Wildman–Crippen MR) is 53.1 cm³/mol. The van der Waals surface area contributed by atoms with Crippen molar-refractivity contribution in [2.75, 3.05) is 13.7 Å². The number of rotatable bonds is 5. The van der Waals surface area contributed by atoms with Gasteiger partial charge in [0.1, 0.15) is 0 Å². The minimum absolute atomic E-state index is 0.254. The number of methoxy groups -OCH3 is 1. The van der Waals surface area contributed by atoms with E-state index in [9.17, 15) is 4.79 Å². The van der Waals surface area contributed by atoms with Gasteiger partial charge in [-0.2, -0.15) is 0 Å². The van der Waals surface area contributed by atoms with Crippen LogP contribution in [0.15, 0.2) is 30.3 Å². The van der Waals surface area contributed by atoms with Gasteiger partial charge in [-0.25, -0.2) is 0 Å². The number of carbonyl (C=O) groups is 1. The molecule has 0 heterocycles. The molecule has 1 aromatic carbocycles. The molecule has 14 heavy (non-hydrogen) atoms. The van der Waals surface area contributed by atoms with E-state index in [1.807, 2.05) is 30.3 Å². The zero-order valence-electron chi connectivity index (χ0n) is 8.14. The van der Waals surface area contributed by atoms with Gasteiger partial charge in [0.05, 0.1) is 12.5 Å². The third-order valence-corrected chi connectivity index (χ3v) is 2.04. The van der Waals surface area contributed by atoms with E-state index in [4.69, 9.17) is 9.84 Å². The minimum Gasteiger partial charge on any atom is -0.481 e. The molecule has 76 valence electrons. The summed E-state index contributed by atoms with van der Waals surface area (Å²) in [4.78, 5) is 10.8. The summed E-state index contributed by atoms with van der Waals surface area (Å²) in [6.45, 7) is 0.254. The molecular formula is C11H14O3. The van der Waals surface area contributed by atoms with Crippen molar-refractivity contribution in [3.05, 3.63) is 35.9 Å². The van der Waals surface area contributed by atoms with E-state index in [1.54, 1.807) is 0 Å². The van der Waals surface area contributed by atoms with Crippen LogP contribution in [0.5, 0.6) is 0 Å². The van der Waals surface area contributed by atoms with Crippen LogP contribution in [-0.2, 0) is 16.0 Å². The van der Waals surface area contributed by atoms with Crippen LogP contribution in [0, 0.1) is 5.92 Å². The monoisotopic (exact) mass is 194 g/mol. The van der Waals surface area contributed by atoms with Gasteiger partial charge in [-0.3, -0.25) is 4.79 Å². The van der Waals surface area contributed by atoms with E-state index in [0.717, 1.165) is 5.56 Å². The molecule has 0 aromatic heterocycles. The fourth-order valence-electron chi connectivity index (χ4n) is 1.32. The average Bonchev–Trinajstić information content (AvgIpc) is 2.18. The second-order valence-corrected chi connectivity index (χ2v) is 3.18. The molecule has 3 nitrogen and oxygen atoms in total. The van der Waals surface area contributed by atoms with Gasteiger partial charge in [0, 0.05) is 7.11 Å². The van der Waals surface area contributed by atoms with Crippen molar-refractivity contribution in [2.24, 2.45) is 5.92 Å². The molecular weight excluding hydrogens is 180 g/mol. The second kappa shape index (κ2) is 5.40. The Labute approximate surface area is 83.3 Å². The first kappa shape index (κ1) is 10.7. The van der Waals surface area contributed by atoms with Crippen LogP contribution in [0.25, 0.3) is 0 Å². The van der Waals surface area contributed by atoms with Gasteiger partial charge < -0.3 is 9.84 Å². The molecule has 0 radical (unpaired) electrons. The van der Waals surface area contributed by atoms with Gasteiger partial charge in [-0.1, -0.05) is 30.3 Å². The molecule has 1 rings (SSSR count). The Bertz CT molecular complexity index is 282. The molecule has 0 saturated carbocycles. The molecule has 0 spiro atoms. The van der Waals surface area contributed by atoms with Crippen molar-refractivity contribution in [3.8, 4) is 0 Å². The number of hydrogen-bond donors (Lipinski definition) is 1. The fraction of sp³-hybridized carbons (Fsp3) is 0.364. The van der Waals surface area contributed by atoms with Gasteiger partial charge in [0.15, 0.2) is 0 Å². The van der Waals surface area contributed by atoms with E-state index >= 15 is 0 Å². The average molecular weight is 194 g/mol. The van der Waals surface area contributed by atoms with E-state index in [1.165, 1.54) is 7.11 Å². The normalized spacial score (nSPS) is 12.4. The van der Waals surface area contributed by atoms with Crippen LogP contribution in [0.1, 0.15) is 5.56 Å². The molecule has 1 N–H and O–H groups in total. The topological polar surface area (TPSA) is 46.5 Å². The van der Waals surface area contributed by atoms with Crippen molar-refractivity contribution in [2.45, 2.75) is 6.42 Å². The molecule has 0 aliphatic heterocycles. The lowest BCUT2D eigenvalue weighted by Gasteiger charge is -2.10. The summed E-state index contributed by atoms with van der Waals surface area (Å²) in [6.07, 6.45) is 0.518. The molecule has 0 bridgehead atoms. The molecule has 0 aliphatic rings. The molecule has 3 heteroatoms. The summed E-state index contributed by atoms with van der Waals surface area (Å²) in [5.74, 6) is -1.27. The van der Waals surface area contributed by atoms with Crippen LogP contribution in [-0.4, -0.2) is 24.8 Å². The van der Waals surface area contributed by atoms with Gasteiger partial charge in [0.25, 0.3) is 0 Å². The molecule has 0 saturated heterocycles. The lowest BCUT2D eigenvalue weighted by molar-refractivity contribution is -0.143. The number of ether oxygens (including phenoxy) is 1. The number of carboxylic acids is 1. The summed E-state index contributed by atoms with van der Waals surface area (Å²) < 4.78 is 4.86. The Morgan fingerprint density at radius 3 is 2.57 bits per heavy atom. The van der Waals surface area contributed by atoms with E-state index < -0.39 is 11.9 Å². The van der Waals surface area contributed by atoms with Gasteiger partial charge in [-0.15, -0.1) is 0 Å². The standard InChI is InChI=1S/C11H14O3/c1-14-8-10(11(12)13)7-9-5-3-2-4-6-9/h2-6,10H,7-8H2,1H3,(H,12,13)/t10-/m1/s1. The van der Waals surface area contributed by atoms with Crippen LogP contribution in [0.4, 0.5) is 0 Å². The summed E-state index contributed by atoms with van der Waals surface area (Å²) in [6, 6.07) is 9.56. The van der Waals surface area contributed by atoms with E-state index in [-0.39, 0.29) is 6.61 Å². The third-order valence-electron chi connectivity index (χ3n) is 2.04. The van der Waals surface area contributed by atoms with Crippen molar-refractivity contribution in [3.63, 3.8) is 0 Å². The predicted octanol–water partition coefficient (Wildman–Crippen LogP) is 1.58. The van der Waals surface area contributed by atoms with E-state index in [0.29, 0.717) is 6.42 Å². The van der Waals surface area contributed by atoms with Crippen molar-refractivity contribution >= 4 is 5.97 Å². The highest BCUT2D eigenvalue weighted by atomic mass is 16.5. The number of aliphatic carboxylic acids is 1. The first-order valence-corrected chi connectivity index (χ1v) is 4.49. The van der Waals surface area contributed by atoms with E-state index in [2.05, 4.69) is 0 Å². The van der Waals surface area contributed by atoms with Crippen LogP contribution in [0.3, 0.4) is 0 Å². The highest BCUT2D eigenvalue weighted by Crippen LogP contribution is 2.09. The maximum Gasteiger partial charge on any atom is 0.309 e. The summed E-state index contributed by atoms with van der Waals surface area (Å²) >= 11 is 0. The molecule has 1 aromatic rings.